The molecule has 0 radical (unpaired) electrons. The van der Waals surface area contributed by atoms with E-state index in [1.165, 1.54) is 28.2 Å². The van der Waals surface area contributed by atoms with Gasteiger partial charge in [0.25, 0.3) is 0 Å². The maximum absolute atomic E-state index is 8.85. The SMILES string of the molecule is Cc1cccc(-n2c(C)cc(CC#N)c2C)c1C. The normalized spacial score (nSPS) is 10.4. The van der Waals surface area contributed by atoms with Gasteiger partial charge in [0.1, 0.15) is 0 Å². The highest BCUT2D eigenvalue weighted by atomic mass is 15.0. The number of hydrogen-bond donors (Lipinski definition) is 0. The maximum atomic E-state index is 8.85. The van der Waals surface area contributed by atoms with Gasteiger partial charge in [-0.05, 0) is 56.5 Å². The third kappa shape index (κ3) is 1.93. The molecule has 2 nitrogen and oxygen atoms in total. The minimum atomic E-state index is 0.477. The van der Waals surface area contributed by atoms with Crippen LogP contribution in [-0.4, -0.2) is 4.57 Å². The van der Waals surface area contributed by atoms with Crippen LogP contribution in [-0.2, 0) is 6.42 Å². The highest BCUT2D eigenvalue weighted by molar-refractivity contribution is 5.49. The standard InChI is InChI=1S/C16H18N2/c1-11-6-5-7-16(13(11)3)18-12(2)10-15(8-9-17)14(18)4/h5-7,10H,8H2,1-4H3. The van der Waals surface area contributed by atoms with E-state index in [1.807, 2.05) is 0 Å². The Labute approximate surface area is 108 Å². The zero-order valence-electron chi connectivity index (χ0n) is 11.4. The number of hydrogen-bond acceptors (Lipinski definition) is 1. The van der Waals surface area contributed by atoms with E-state index in [4.69, 9.17) is 5.26 Å². The average molecular weight is 238 g/mol. The summed E-state index contributed by atoms with van der Waals surface area (Å²) in [5.74, 6) is 0. The smallest absolute Gasteiger partial charge is 0.0670 e. The van der Waals surface area contributed by atoms with Crippen molar-refractivity contribution in [3.8, 4) is 11.8 Å². The molecule has 0 spiro atoms. The number of aryl methyl sites for hydroxylation is 2. The first kappa shape index (κ1) is 12.4. The molecule has 0 aliphatic rings. The third-order valence-corrected chi connectivity index (χ3v) is 3.62. The van der Waals surface area contributed by atoms with Crippen molar-refractivity contribution in [2.45, 2.75) is 34.1 Å². The summed E-state index contributed by atoms with van der Waals surface area (Å²) in [4.78, 5) is 0. The van der Waals surface area contributed by atoms with Crippen molar-refractivity contribution in [2.75, 3.05) is 0 Å². The lowest BCUT2D eigenvalue weighted by molar-refractivity contribution is 0.943. The lowest BCUT2D eigenvalue weighted by Gasteiger charge is -2.14. The van der Waals surface area contributed by atoms with Crippen LogP contribution in [0.15, 0.2) is 24.3 Å². The topological polar surface area (TPSA) is 28.7 Å². The van der Waals surface area contributed by atoms with Crippen LogP contribution in [0.4, 0.5) is 0 Å². The molecule has 2 heteroatoms. The lowest BCUT2D eigenvalue weighted by Crippen LogP contribution is -2.02. The van der Waals surface area contributed by atoms with Crippen LogP contribution in [0.1, 0.15) is 28.1 Å². The average Bonchev–Trinajstić information content (AvgIpc) is 2.60. The van der Waals surface area contributed by atoms with E-state index in [0.717, 1.165) is 5.56 Å². The van der Waals surface area contributed by atoms with Gasteiger partial charge in [0.05, 0.1) is 12.5 Å². The summed E-state index contributed by atoms with van der Waals surface area (Å²) in [6.45, 7) is 8.45. The van der Waals surface area contributed by atoms with Gasteiger partial charge >= 0.3 is 0 Å². The molecule has 0 N–H and O–H groups in total. The van der Waals surface area contributed by atoms with Crippen LogP contribution in [0.5, 0.6) is 0 Å². The molecule has 92 valence electrons. The molecule has 1 aromatic heterocycles. The number of rotatable bonds is 2. The van der Waals surface area contributed by atoms with E-state index >= 15 is 0 Å². The van der Waals surface area contributed by atoms with Crippen molar-refractivity contribution < 1.29 is 0 Å². The van der Waals surface area contributed by atoms with Crippen LogP contribution >= 0.6 is 0 Å². The maximum Gasteiger partial charge on any atom is 0.0670 e. The summed E-state index contributed by atoms with van der Waals surface area (Å²) in [5.41, 5.74) is 7.28. The fraction of sp³-hybridized carbons (Fsp3) is 0.312. The summed E-state index contributed by atoms with van der Waals surface area (Å²) < 4.78 is 2.25. The minimum absolute atomic E-state index is 0.477. The zero-order chi connectivity index (χ0) is 13.3. The van der Waals surface area contributed by atoms with Gasteiger partial charge < -0.3 is 4.57 Å². The first-order chi connectivity index (χ1) is 8.56. The molecular weight excluding hydrogens is 220 g/mol. The Morgan fingerprint density at radius 2 is 1.89 bits per heavy atom. The molecule has 2 aromatic rings. The molecule has 0 saturated heterocycles. The molecule has 18 heavy (non-hydrogen) atoms. The third-order valence-electron chi connectivity index (χ3n) is 3.62. The largest absolute Gasteiger partial charge is 0.318 e. The monoisotopic (exact) mass is 238 g/mol. The van der Waals surface area contributed by atoms with Gasteiger partial charge in [-0.25, -0.2) is 0 Å². The van der Waals surface area contributed by atoms with Crippen molar-refractivity contribution >= 4 is 0 Å². The summed E-state index contributed by atoms with van der Waals surface area (Å²) >= 11 is 0. The van der Waals surface area contributed by atoms with Gasteiger partial charge in [0.2, 0.25) is 0 Å². The van der Waals surface area contributed by atoms with E-state index in [-0.39, 0.29) is 0 Å². The second kappa shape index (κ2) is 4.70. The molecule has 0 aliphatic heterocycles. The minimum Gasteiger partial charge on any atom is -0.318 e. The molecule has 1 aromatic carbocycles. The van der Waals surface area contributed by atoms with Crippen molar-refractivity contribution in [1.82, 2.24) is 4.57 Å². The van der Waals surface area contributed by atoms with Gasteiger partial charge in [-0.15, -0.1) is 0 Å². The molecule has 2 rings (SSSR count). The first-order valence-electron chi connectivity index (χ1n) is 6.17. The Bertz CT molecular complexity index is 627. The van der Waals surface area contributed by atoms with Gasteiger partial charge in [-0.3, -0.25) is 0 Å². The van der Waals surface area contributed by atoms with E-state index < -0.39 is 0 Å². The first-order valence-corrected chi connectivity index (χ1v) is 6.17. The van der Waals surface area contributed by atoms with Gasteiger partial charge in [-0.1, -0.05) is 12.1 Å². The molecule has 1 heterocycles. The molecular formula is C16H18N2. The zero-order valence-corrected chi connectivity index (χ0v) is 11.4. The Kier molecular flexibility index (Phi) is 3.25. The van der Waals surface area contributed by atoms with Crippen molar-refractivity contribution in [3.05, 3.63) is 52.3 Å². The van der Waals surface area contributed by atoms with Crippen LogP contribution in [0, 0.1) is 39.0 Å². The van der Waals surface area contributed by atoms with Crippen molar-refractivity contribution in [3.63, 3.8) is 0 Å². The van der Waals surface area contributed by atoms with E-state index in [2.05, 4.69) is 62.6 Å². The molecule has 0 fully saturated rings. The molecule has 0 atom stereocenters. The summed E-state index contributed by atoms with van der Waals surface area (Å²) in [6, 6.07) is 10.7. The summed E-state index contributed by atoms with van der Waals surface area (Å²) in [5, 5.41) is 8.85. The van der Waals surface area contributed by atoms with Crippen molar-refractivity contribution in [1.29, 1.82) is 5.26 Å². The molecule has 0 saturated carbocycles. The quantitative estimate of drug-likeness (QED) is 0.782. The predicted octanol–water partition coefficient (Wildman–Crippen LogP) is 3.78. The van der Waals surface area contributed by atoms with E-state index in [0.29, 0.717) is 6.42 Å². The highest BCUT2D eigenvalue weighted by Gasteiger charge is 2.12. The Morgan fingerprint density at radius 1 is 1.17 bits per heavy atom. The number of benzene rings is 1. The number of nitrogens with zero attached hydrogens (tertiary/aromatic N) is 2. The van der Waals surface area contributed by atoms with Crippen LogP contribution < -0.4 is 0 Å². The molecule has 0 bridgehead atoms. The van der Waals surface area contributed by atoms with E-state index in [9.17, 15) is 0 Å². The van der Waals surface area contributed by atoms with Gasteiger partial charge in [-0.2, -0.15) is 5.26 Å². The highest BCUT2D eigenvalue weighted by Crippen LogP contribution is 2.24. The fourth-order valence-electron chi connectivity index (χ4n) is 2.44. The van der Waals surface area contributed by atoms with Gasteiger partial charge in [0.15, 0.2) is 0 Å². The molecule has 0 aliphatic carbocycles. The second-order valence-electron chi connectivity index (χ2n) is 4.79. The molecule has 0 amide bonds. The van der Waals surface area contributed by atoms with E-state index in [1.54, 1.807) is 0 Å². The summed E-state index contributed by atoms with van der Waals surface area (Å²) in [6.07, 6.45) is 0.477. The predicted molar refractivity (Wildman–Crippen MR) is 74.0 cm³/mol. The van der Waals surface area contributed by atoms with Gasteiger partial charge in [0, 0.05) is 17.1 Å². The van der Waals surface area contributed by atoms with Crippen molar-refractivity contribution in [2.24, 2.45) is 0 Å². The van der Waals surface area contributed by atoms with Crippen LogP contribution in [0.2, 0.25) is 0 Å². The number of aromatic nitrogens is 1. The Balaban J connectivity index is 2.65. The Morgan fingerprint density at radius 3 is 2.56 bits per heavy atom. The lowest BCUT2D eigenvalue weighted by atomic mass is 10.1. The second-order valence-corrected chi connectivity index (χ2v) is 4.79. The fourth-order valence-corrected chi connectivity index (χ4v) is 2.44. The van der Waals surface area contributed by atoms with Crippen LogP contribution in [0.3, 0.4) is 0 Å². The summed E-state index contributed by atoms with van der Waals surface area (Å²) in [7, 11) is 0. The number of nitriles is 1. The molecule has 0 unspecified atom stereocenters. The Hall–Kier alpha value is -2.01. The van der Waals surface area contributed by atoms with Crippen LogP contribution in [0.25, 0.3) is 5.69 Å².